The molecule has 0 atom stereocenters. The van der Waals surface area contributed by atoms with E-state index in [-0.39, 0.29) is 10.9 Å². The second-order valence-corrected chi connectivity index (χ2v) is 5.64. The van der Waals surface area contributed by atoms with E-state index in [1.54, 1.807) is 4.68 Å². The van der Waals surface area contributed by atoms with Gasteiger partial charge in [0, 0.05) is 5.56 Å². The Balaban J connectivity index is 2.13. The molecule has 0 radical (unpaired) electrons. The maximum absolute atomic E-state index is 10.8. The van der Waals surface area contributed by atoms with E-state index in [2.05, 4.69) is 5.10 Å². The first-order valence-electron chi connectivity index (χ1n) is 7.32. The lowest BCUT2D eigenvalue weighted by Crippen LogP contribution is -2.10. The molecule has 0 spiro atoms. The molecule has 24 heavy (non-hydrogen) atoms. The number of carboxylic acid groups (broad SMARTS) is 1. The second-order valence-electron chi connectivity index (χ2n) is 5.26. The predicted octanol–water partition coefficient (Wildman–Crippen LogP) is 3.96. The molecule has 0 aliphatic carbocycles. The molecule has 0 saturated heterocycles. The summed E-state index contributed by atoms with van der Waals surface area (Å²) in [5, 5.41) is 13.4. The molecule has 5 nitrogen and oxygen atoms in total. The Hall–Kier alpha value is -2.79. The number of nitrogens with zero attached hydrogens (tertiary/aromatic N) is 2. The van der Waals surface area contributed by atoms with Crippen LogP contribution in [0.5, 0.6) is 5.88 Å². The Morgan fingerprint density at radius 2 is 1.83 bits per heavy atom. The van der Waals surface area contributed by atoms with Crippen LogP contribution in [0.4, 0.5) is 0 Å². The standard InChI is InChI=1S/C18H15ClN2O3/c1-12-7-9-13(10-8-12)17-16(19)18(24-11-15(22)23)20-21(17)14-5-3-2-4-6-14/h2-10H,11H2,1H3,(H,22,23). The van der Waals surface area contributed by atoms with Crippen molar-refractivity contribution < 1.29 is 14.6 Å². The molecule has 0 saturated carbocycles. The highest BCUT2D eigenvalue weighted by molar-refractivity contribution is 6.34. The quantitative estimate of drug-likeness (QED) is 0.762. The molecule has 122 valence electrons. The van der Waals surface area contributed by atoms with Gasteiger partial charge in [-0.2, -0.15) is 0 Å². The Morgan fingerprint density at radius 3 is 2.46 bits per heavy atom. The van der Waals surface area contributed by atoms with Gasteiger partial charge in [-0.3, -0.25) is 0 Å². The number of para-hydroxylation sites is 1. The van der Waals surface area contributed by atoms with Crippen molar-refractivity contribution >= 4 is 17.6 Å². The van der Waals surface area contributed by atoms with Crippen molar-refractivity contribution in [2.24, 2.45) is 0 Å². The molecule has 1 N–H and O–H groups in total. The van der Waals surface area contributed by atoms with E-state index in [9.17, 15) is 4.79 Å². The van der Waals surface area contributed by atoms with Crippen LogP contribution in [0.1, 0.15) is 5.56 Å². The fraction of sp³-hybridized carbons (Fsp3) is 0.111. The number of aryl methyl sites for hydroxylation is 1. The van der Waals surface area contributed by atoms with Crippen LogP contribution in [-0.4, -0.2) is 27.5 Å². The lowest BCUT2D eigenvalue weighted by molar-refractivity contribution is -0.139. The number of rotatable bonds is 5. The Kier molecular flexibility index (Phi) is 4.53. The van der Waals surface area contributed by atoms with Crippen LogP contribution >= 0.6 is 11.6 Å². The van der Waals surface area contributed by atoms with Crippen molar-refractivity contribution in [1.29, 1.82) is 0 Å². The molecule has 0 bridgehead atoms. The zero-order valence-corrected chi connectivity index (χ0v) is 13.7. The minimum absolute atomic E-state index is 0.0958. The molecule has 0 aliphatic rings. The minimum atomic E-state index is -1.09. The molecule has 3 rings (SSSR count). The van der Waals surface area contributed by atoms with Gasteiger partial charge in [-0.25, -0.2) is 9.48 Å². The van der Waals surface area contributed by atoms with Crippen molar-refractivity contribution in [2.45, 2.75) is 6.92 Å². The minimum Gasteiger partial charge on any atom is -0.479 e. The molecular weight excluding hydrogens is 328 g/mol. The van der Waals surface area contributed by atoms with Crippen molar-refractivity contribution in [3.8, 4) is 22.8 Å². The third-order valence-corrected chi connectivity index (χ3v) is 3.80. The first kappa shape index (κ1) is 16.1. The Bertz CT molecular complexity index is 858. The summed E-state index contributed by atoms with van der Waals surface area (Å²) in [4.78, 5) is 10.8. The highest BCUT2D eigenvalue weighted by atomic mass is 35.5. The summed E-state index contributed by atoms with van der Waals surface area (Å²) in [6, 6.07) is 17.3. The van der Waals surface area contributed by atoms with E-state index < -0.39 is 12.6 Å². The Morgan fingerprint density at radius 1 is 1.17 bits per heavy atom. The highest BCUT2D eigenvalue weighted by Gasteiger charge is 2.20. The lowest BCUT2D eigenvalue weighted by atomic mass is 10.1. The number of aliphatic carboxylic acids is 1. The maximum atomic E-state index is 10.8. The molecule has 1 aromatic heterocycles. The zero-order valence-electron chi connectivity index (χ0n) is 12.9. The largest absolute Gasteiger partial charge is 0.479 e. The summed E-state index contributed by atoms with van der Waals surface area (Å²) in [5.74, 6) is -0.990. The summed E-state index contributed by atoms with van der Waals surface area (Å²) in [6.07, 6.45) is 0. The molecule has 2 aromatic carbocycles. The van der Waals surface area contributed by atoms with E-state index >= 15 is 0 Å². The van der Waals surface area contributed by atoms with E-state index in [4.69, 9.17) is 21.4 Å². The van der Waals surface area contributed by atoms with E-state index in [0.29, 0.717) is 5.69 Å². The summed E-state index contributed by atoms with van der Waals surface area (Å²) >= 11 is 6.44. The number of hydrogen-bond donors (Lipinski definition) is 1. The van der Waals surface area contributed by atoms with Crippen molar-refractivity contribution in [3.05, 3.63) is 65.2 Å². The average Bonchev–Trinajstić information content (AvgIpc) is 2.91. The van der Waals surface area contributed by atoms with Crippen LogP contribution < -0.4 is 4.74 Å². The van der Waals surface area contributed by atoms with E-state index in [0.717, 1.165) is 16.8 Å². The van der Waals surface area contributed by atoms with Crippen molar-refractivity contribution in [3.63, 3.8) is 0 Å². The molecule has 0 unspecified atom stereocenters. The van der Waals surface area contributed by atoms with E-state index in [1.165, 1.54) is 0 Å². The number of carboxylic acids is 1. The van der Waals surface area contributed by atoms with E-state index in [1.807, 2.05) is 61.5 Å². The van der Waals surface area contributed by atoms with Gasteiger partial charge >= 0.3 is 5.97 Å². The first-order valence-corrected chi connectivity index (χ1v) is 7.69. The van der Waals surface area contributed by atoms with Crippen LogP contribution in [0.2, 0.25) is 5.02 Å². The fourth-order valence-electron chi connectivity index (χ4n) is 2.32. The van der Waals surface area contributed by atoms with Gasteiger partial charge < -0.3 is 9.84 Å². The fourth-order valence-corrected chi connectivity index (χ4v) is 2.60. The molecule has 0 aliphatic heterocycles. The summed E-state index contributed by atoms with van der Waals surface area (Å²) < 4.78 is 6.88. The van der Waals surface area contributed by atoms with Gasteiger partial charge in [-0.05, 0) is 19.1 Å². The summed E-state index contributed by atoms with van der Waals surface area (Å²) in [7, 11) is 0. The number of halogens is 1. The van der Waals surface area contributed by atoms with Crippen LogP contribution in [0.3, 0.4) is 0 Å². The Labute approximate surface area is 144 Å². The normalized spacial score (nSPS) is 10.6. The number of benzene rings is 2. The number of hydrogen-bond acceptors (Lipinski definition) is 3. The molecule has 6 heteroatoms. The summed E-state index contributed by atoms with van der Waals surface area (Å²) in [6.45, 7) is 1.50. The molecule has 0 fully saturated rings. The second kappa shape index (κ2) is 6.76. The third kappa shape index (κ3) is 3.26. The smallest absolute Gasteiger partial charge is 0.341 e. The molecule has 1 heterocycles. The zero-order chi connectivity index (χ0) is 17.1. The predicted molar refractivity (Wildman–Crippen MR) is 91.9 cm³/mol. The van der Waals surface area contributed by atoms with Crippen LogP contribution in [-0.2, 0) is 4.79 Å². The molecule has 0 amide bonds. The van der Waals surface area contributed by atoms with Crippen LogP contribution in [0, 0.1) is 6.92 Å². The lowest BCUT2D eigenvalue weighted by Gasteiger charge is -2.08. The van der Waals surface area contributed by atoms with Gasteiger partial charge in [0.25, 0.3) is 5.88 Å². The molecule has 3 aromatic rings. The highest BCUT2D eigenvalue weighted by Crippen LogP contribution is 2.37. The van der Waals surface area contributed by atoms with Crippen LogP contribution in [0.15, 0.2) is 54.6 Å². The third-order valence-electron chi connectivity index (χ3n) is 3.46. The number of ether oxygens (including phenoxy) is 1. The number of aromatic nitrogens is 2. The van der Waals surface area contributed by atoms with Gasteiger partial charge in [-0.15, -0.1) is 5.10 Å². The SMILES string of the molecule is Cc1ccc(-c2c(Cl)c(OCC(=O)O)nn2-c2ccccc2)cc1. The first-order chi connectivity index (χ1) is 11.6. The molecular formula is C18H15ClN2O3. The maximum Gasteiger partial charge on any atom is 0.341 e. The monoisotopic (exact) mass is 342 g/mol. The van der Waals surface area contributed by atoms with Gasteiger partial charge in [0.15, 0.2) is 6.61 Å². The summed E-state index contributed by atoms with van der Waals surface area (Å²) in [5.41, 5.74) is 3.46. The van der Waals surface area contributed by atoms with Crippen molar-refractivity contribution in [1.82, 2.24) is 9.78 Å². The number of carbonyl (C=O) groups is 1. The van der Waals surface area contributed by atoms with Gasteiger partial charge in [-0.1, -0.05) is 59.6 Å². The van der Waals surface area contributed by atoms with Crippen molar-refractivity contribution in [2.75, 3.05) is 6.61 Å². The van der Waals surface area contributed by atoms with Gasteiger partial charge in [0.05, 0.1) is 11.4 Å². The topological polar surface area (TPSA) is 64.3 Å². The van der Waals surface area contributed by atoms with Crippen LogP contribution in [0.25, 0.3) is 16.9 Å². The van der Waals surface area contributed by atoms with Gasteiger partial charge in [0.2, 0.25) is 0 Å². The average molecular weight is 343 g/mol. The van der Waals surface area contributed by atoms with Gasteiger partial charge in [0.1, 0.15) is 5.02 Å².